The number of halogens is 1. The molecule has 0 fully saturated rings. The van der Waals surface area contributed by atoms with Gasteiger partial charge in [0.1, 0.15) is 4.90 Å². The fourth-order valence-corrected chi connectivity index (χ4v) is 3.52. The van der Waals surface area contributed by atoms with Crippen molar-refractivity contribution in [2.24, 2.45) is 0 Å². The van der Waals surface area contributed by atoms with Crippen molar-refractivity contribution in [3.05, 3.63) is 58.1 Å². The lowest BCUT2D eigenvalue weighted by molar-refractivity contribution is 0.0595. The number of hydrogen-bond acceptors (Lipinski definition) is 5. The third-order valence-corrected chi connectivity index (χ3v) is 4.93. The molecular formula is C15H12BrNO6S. The van der Waals surface area contributed by atoms with Crippen LogP contribution in [0.4, 0.5) is 5.69 Å². The molecule has 0 bridgehead atoms. The molecule has 126 valence electrons. The number of aromatic carboxylic acids is 1. The highest BCUT2D eigenvalue weighted by Crippen LogP contribution is 2.24. The van der Waals surface area contributed by atoms with E-state index in [1.165, 1.54) is 42.5 Å². The Hall–Kier alpha value is -2.39. The first-order valence-electron chi connectivity index (χ1n) is 6.48. The number of methoxy groups -OCH3 is 1. The van der Waals surface area contributed by atoms with Gasteiger partial charge in [0.25, 0.3) is 10.0 Å². The van der Waals surface area contributed by atoms with Gasteiger partial charge in [0.15, 0.2) is 0 Å². The molecule has 2 rings (SSSR count). The Morgan fingerprint density at radius 2 is 1.88 bits per heavy atom. The van der Waals surface area contributed by atoms with Crippen LogP contribution in [0.15, 0.2) is 51.8 Å². The summed E-state index contributed by atoms with van der Waals surface area (Å²) >= 11 is 3.16. The summed E-state index contributed by atoms with van der Waals surface area (Å²) in [6.07, 6.45) is 0. The zero-order valence-corrected chi connectivity index (χ0v) is 14.7. The number of carbonyl (C=O) groups excluding carboxylic acids is 1. The molecule has 2 aromatic carbocycles. The van der Waals surface area contributed by atoms with Gasteiger partial charge in [0.05, 0.1) is 18.2 Å². The van der Waals surface area contributed by atoms with Crippen molar-refractivity contribution in [2.75, 3.05) is 11.8 Å². The molecule has 0 aliphatic carbocycles. The number of anilines is 1. The van der Waals surface area contributed by atoms with Crippen LogP contribution < -0.4 is 4.72 Å². The molecule has 9 heteroatoms. The molecular weight excluding hydrogens is 402 g/mol. The summed E-state index contributed by atoms with van der Waals surface area (Å²) in [4.78, 5) is 22.5. The van der Waals surface area contributed by atoms with E-state index < -0.39 is 22.0 Å². The summed E-state index contributed by atoms with van der Waals surface area (Å²) < 4.78 is 32.5. The van der Waals surface area contributed by atoms with Crippen molar-refractivity contribution in [2.45, 2.75) is 4.90 Å². The molecule has 0 heterocycles. The van der Waals surface area contributed by atoms with E-state index >= 15 is 0 Å². The lowest BCUT2D eigenvalue weighted by Gasteiger charge is -2.12. The summed E-state index contributed by atoms with van der Waals surface area (Å²) in [5.74, 6) is -1.99. The highest BCUT2D eigenvalue weighted by molar-refractivity contribution is 9.10. The quantitative estimate of drug-likeness (QED) is 0.729. The zero-order valence-electron chi connectivity index (χ0n) is 12.3. The van der Waals surface area contributed by atoms with E-state index in [1.807, 2.05) is 0 Å². The minimum absolute atomic E-state index is 0.0636. The molecule has 7 nitrogen and oxygen atoms in total. The number of rotatable bonds is 5. The summed E-state index contributed by atoms with van der Waals surface area (Å²) in [5, 5.41) is 8.96. The second kappa shape index (κ2) is 7.02. The van der Waals surface area contributed by atoms with Crippen LogP contribution in [0.25, 0.3) is 0 Å². The van der Waals surface area contributed by atoms with Crippen LogP contribution in [0.2, 0.25) is 0 Å². The van der Waals surface area contributed by atoms with Gasteiger partial charge in [-0.1, -0.05) is 22.0 Å². The van der Waals surface area contributed by atoms with Gasteiger partial charge in [-0.25, -0.2) is 18.0 Å². The number of esters is 1. The van der Waals surface area contributed by atoms with Crippen LogP contribution in [0, 0.1) is 0 Å². The van der Waals surface area contributed by atoms with Gasteiger partial charge >= 0.3 is 11.9 Å². The Morgan fingerprint density at radius 1 is 1.17 bits per heavy atom. The van der Waals surface area contributed by atoms with Gasteiger partial charge in [-0.15, -0.1) is 0 Å². The lowest BCUT2D eigenvalue weighted by atomic mass is 10.2. The molecule has 0 aromatic heterocycles. The number of hydrogen-bond donors (Lipinski definition) is 2. The molecule has 0 saturated carbocycles. The molecule has 0 unspecified atom stereocenters. The van der Waals surface area contributed by atoms with Crippen LogP contribution in [0.3, 0.4) is 0 Å². The van der Waals surface area contributed by atoms with E-state index in [2.05, 4.69) is 25.4 Å². The first-order valence-corrected chi connectivity index (χ1v) is 8.76. The smallest absolute Gasteiger partial charge is 0.339 e. The molecule has 2 N–H and O–H groups in total. The SMILES string of the molecule is COC(=O)c1cc(Br)ccc1S(=O)(=O)Nc1cccc(C(=O)O)c1. The number of sulfonamides is 1. The summed E-state index contributed by atoms with van der Waals surface area (Å²) in [6, 6.07) is 9.36. The molecule has 0 aliphatic rings. The van der Waals surface area contributed by atoms with Gasteiger partial charge in [-0.3, -0.25) is 4.72 Å². The number of carboxylic acid groups (broad SMARTS) is 1. The maximum absolute atomic E-state index is 12.6. The third kappa shape index (κ3) is 3.92. The number of benzene rings is 2. The van der Waals surface area contributed by atoms with Crippen molar-refractivity contribution in [1.29, 1.82) is 0 Å². The van der Waals surface area contributed by atoms with Crippen molar-refractivity contribution < 1.29 is 27.9 Å². The van der Waals surface area contributed by atoms with E-state index in [0.717, 1.165) is 7.11 Å². The average molecular weight is 414 g/mol. The lowest BCUT2D eigenvalue weighted by Crippen LogP contribution is -2.17. The first kappa shape index (κ1) is 18.0. The van der Waals surface area contributed by atoms with E-state index in [9.17, 15) is 18.0 Å². The fraction of sp³-hybridized carbons (Fsp3) is 0.0667. The summed E-state index contributed by atoms with van der Waals surface area (Å²) in [6.45, 7) is 0. The maximum Gasteiger partial charge on any atom is 0.339 e. The molecule has 0 amide bonds. The predicted molar refractivity (Wildman–Crippen MR) is 89.7 cm³/mol. The van der Waals surface area contributed by atoms with Crippen LogP contribution in [-0.2, 0) is 14.8 Å². The standard InChI is InChI=1S/C15H12BrNO6S/c1-23-15(20)12-8-10(16)5-6-13(12)24(21,22)17-11-4-2-3-9(7-11)14(18)19/h2-8,17H,1H3,(H,18,19). The van der Waals surface area contributed by atoms with Crippen molar-refractivity contribution in [3.8, 4) is 0 Å². The predicted octanol–water partition coefficient (Wildman–Crippen LogP) is 2.73. The number of ether oxygens (including phenoxy) is 1. The van der Waals surface area contributed by atoms with Crippen molar-refractivity contribution >= 4 is 43.6 Å². The highest BCUT2D eigenvalue weighted by Gasteiger charge is 2.23. The van der Waals surface area contributed by atoms with Crippen molar-refractivity contribution in [3.63, 3.8) is 0 Å². The van der Waals surface area contributed by atoms with Crippen LogP contribution >= 0.6 is 15.9 Å². The minimum Gasteiger partial charge on any atom is -0.478 e. The molecule has 24 heavy (non-hydrogen) atoms. The van der Waals surface area contributed by atoms with E-state index in [1.54, 1.807) is 0 Å². The molecule has 0 saturated heterocycles. The van der Waals surface area contributed by atoms with Crippen LogP contribution in [-0.4, -0.2) is 32.6 Å². The highest BCUT2D eigenvalue weighted by atomic mass is 79.9. The molecule has 0 aliphatic heterocycles. The number of carbonyl (C=O) groups is 2. The fourth-order valence-electron chi connectivity index (χ4n) is 1.93. The zero-order chi connectivity index (χ0) is 17.9. The summed E-state index contributed by atoms with van der Waals surface area (Å²) in [5.41, 5.74) is -0.151. The Bertz CT molecular complexity index is 910. The largest absolute Gasteiger partial charge is 0.478 e. The van der Waals surface area contributed by atoms with Gasteiger partial charge in [-0.05, 0) is 36.4 Å². The normalized spacial score (nSPS) is 10.9. The van der Waals surface area contributed by atoms with Gasteiger partial charge in [0, 0.05) is 10.2 Å². The van der Waals surface area contributed by atoms with Crippen LogP contribution in [0.1, 0.15) is 20.7 Å². The third-order valence-electron chi connectivity index (χ3n) is 3.00. The Labute approximate surface area is 146 Å². The van der Waals surface area contributed by atoms with E-state index in [-0.39, 0.29) is 21.7 Å². The minimum atomic E-state index is -4.12. The van der Waals surface area contributed by atoms with E-state index in [4.69, 9.17) is 5.11 Å². The molecule has 0 radical (unpaired) electrons. The Kier molecular flexibility index (Phi) is 5.25. The van der Waals surface area contributed by atoms with Gasteiger partial charge < -0.3 is 9.84 Å². The number of carboxylic acids is 1. The topological polar surface area (TPSA) is 110 Å². The second-order valence-corrected chi connectivity index (χ2v) is 7.19. The molecule has 2 aromatic rings. The van der Waals surface area contributed by atoms with E-state index in [0.29, 0.717) is 4.47 Å². The second-order valence-electron chi connectivity index (χ2n) is 4.62. The Morgan fingerprint density at radius 3 is 2.50 bits per heavy atom. The average Bonchev–Trinajstić information content (AvgIpc) is 2.53. The van der Waals surface area contributed by atoms with Crippen LogP contribution in [0.5, 0.6) is 0 Å². The summed E-state index contributed by atoms with van der Waals surface area (Å²) in [7, 11) is -2.98. The Balaban J connectivity index is 2.46. The number of nitrogens with one attached hydrogen (secondary N) is 1. The molecule has 0 atom stereocenters. The van der Waals surface area contributed by atoms with Gasteiger partial charge in [0.2, 0.25) is 0 Å². The molecule has 0 spiro atoms. The monoisotopic (exact) mass is 413 g/mol. The first-order chi connectivity index (χ1) is 11.2. The van der Waals surface area contributed by atoms with Gasteiger partial charge in [-0.2, -0.15) is 0 Å². The maximum atomic E-state index is 12.6. The van der Waals surface area contributed by atoms with Crippen molar-refractivity contribution in [1.82, 2.24) is 0 Å².